The van der Waals surface area contributed by atoms with Crippen LogP contribution in [-0.4, -0.2) is 10.1 Å². The second kappa shape index (κ2) is 4.90. The molecular formula is C12H14N4O. The normalized spacial score (nSPS) is 11.5. The van der Waals surface area contributed by atoms with Gasteiger partial charge in [-0.3, -0.25) is 0 Å². The second-order valence-corrected chi connectivity index (χ2v) is 3.61. The van der Waals surface area contributed by atoms with Crippen LogP contribution in [0.5, 0.6) is 0 Å². The summed E-state index contributed by atoms with van der Waals surface area (Å²) < 4.78 is 5.05. The molecule has 17 heavy (non-hydrogen) atoms. The van der Waals surface area contributed by atoms with Gasteiger partial charge in [-0.05, 0) is 24.6 Å². The van der Waals surface area contributed by atoms with E-state index in [1.54, 1.807) is 6.08 Å². The Morgan fingerprint density at radius 2 is 2.18 bits per heavy atom. The van der Waals surface area contributed by atoms with E-state index in [4.69, 9.17) is 16.0 Å². The monoisotopic (exact) mass is 230 g/mol. The summed E-state index contributed by atoms with van der Waals surface area (Å²) in [6, 6.07) is 7.47. The van der Waals surface area contributed by atoms with Crippen LogP contribution in [-0.2, 0) is 0 Å². The number of nitrogens with zero attached hydrogens (tertiary/aromatic N) is 2. The van der Waals surface area contributed by atoms with Gasteiger partial charge in [0.05, 0.1) is 6.17 Å². The van der Waals surface area contributed by atoms with E-state index in [0.717, 1.165) is 11.1 Å². The van der Waals surface area contributed by atoms with Crippen LogP contribution in [0.2, 0.25) is 0 Å². The van der Waals surface area contributed by atoms with Gasteiger partial charge in [0.1, 0.15) is 0 Å². The van der Waals surface area contributed by atoms with E-state index in [9.17, 15) is 0 Å². The lowest BCUT2D eigenvalue weighted by Gasteiger charge is -2.05. The van der Waals surface area contributed by atoms with Crippen molar-refractivity contribution in [3.63, 3.8) is 0 Å². The fourth-order valence-electron chi connectivity index (χ4n) is 1.45. The molecule has 0 aliphatic heterocycles. The lowest BCUT2D eigenvalue weighted by Crippen LogP contribution is -2.19. The molecule has 0 saturated heterocycles. The van der Waals surface area contributed by atoms with Crippen molar-refractivity contribution in [3.8, 4) is 11.4 Å². The molecule has 2 aromatic rings. The number of aromatic nitrogens is 2. The molecule has 0 bridgehead atoms. The predicted octanol–water partition coefficient (Wildman–Crippen LogP) is 1.69. The van der Waals surface area contributed by atoms with Gasteiger partial charge >= 0.3 is 0 Å². The van der Waals surface area contributed by atoms with Crippen molar-refractivity contribution in [2.24, 2.45) is 11.5 Å². The Kier molecular flexibility index (Phi) is 3.32. The van der Waals surface area contributed by atoms with Crippen molar-refractivity contribution in [2.75, 3.05) is 0 Å². The number of hydrogen-bond donors (Lipinski definition) is 2. The van der Waals surface area contributed by atoms with Crippen molar-refractivity contribution in [2.45, 2.75) is 13.1 Å². The summed E-state index contributed by atoms with van der Waals surface area (Å²) >= 11 is 0. The molecule has 0 aliphatic carbocycles. The first kappa shape index (κ1) is 11.5. The smallest absolute Gasteiger partial charge is 0.250 e. The molecule has 0 saturated carbocycles. The van der Waals surface area contributed by atoms with Gasteiger partial charge in [0.15, 0.2) is 0 Å². The highest BCUT2D eigenvalue weighted by Crippen LogP contribution is 2.19. The van der Waals surface area contributed by atoms with Crippen LogP contribution in [0.3, 0.4) is 0 Å². The lowest BCUT2D eigenvalue weighted by atomic mass is 10.1. The minimum absolute atomic E-state index is 0.477. The third-order valence-electron chi connectivity index (χ3n) is 2.28. The number of nitrogens with two attached hydrogens (primary N) is 2. The molecule has 0 fully saturated rings. The topological polar surface area (TPSA) is 91.0 Å². The molecule has 4 N–H and O–H groups in total. The number of hydrogen-bond acceptors (Lipinski definition) is 5. The maximum absolute atomic E-state index is 5.62. The maximum atomic E-state index is 5.62. The Labute approximate surface area is 99.1 Å². The molecule has 0 spiro atoms. The summed E-state index contributed by atoms with van der Waals surface area (Å²) in [5.41, 5.74) is 12.9. The van der Waals surface area contributed by atoms with Gasteiger partial charge < -0.3 is 16.0 Å². The molecule has 1 heterocycles. The van der Waals surface area contributed by atoms with Crippen molar-refractivity contribution < 1.29 is 4.52 Å². The number of benzene rings is 1. The molecule has 88 valence electrons. The predicted molar refractivity (Wildman–Crippen MR) is 65.6 cm³/mol. The van der Waals surface area contributed by atoms with Crippen LogP contribution < -0.4 is 11.5 Å². The van der Waals surface area contributed by atoms with E-state index in [1.165, 1.54) is 0 Å². The summed E-state index contributed by atoms with van der Waals surface area (Å²) in [4.78, 5) is 4.22. The summed E-state index contributed by atoms with van der Waals surface area (Å²) in [6.07, 6.45) is 3.08. The van der Waals surface area contributed by atoms with Crippen LogP contribution in [0.4, 0.5) is 0 Å². The van der Waals surface area contributed by atoms with E-state index in [-0.39, 0.29) is 0 Å². The van der Waals surface area contributed by atoms with Gasteiger partial charge in [0, 0.05) is 5.56 Å². The van der Waals surface area contributed by atoms with Crippen LogP contribution >= 0.6 is 0 Å². The summed E-state index contributed by atoms with van der Waals surface area (Å²) in [5, 5.41) is 3.89. The van der Waals surface area contributed by atoms with Crippen molar-refractivity contribution in [1.29, 1.82) is 0 Å². The van der Waals surface area contributed by atoms with E-state index in [2.05, 4.69) is 10.1 Å². The fraction of sp³-hybridized carbons (Fsp3) is 0.167. The minimum Gasteiger partial charge on any atom is -0.334 e. The quantitative estimate of drug-likeness (QED) is 0.783. The zero-order chi connectivity index (χ0) is 12.3. The summed E-state index contributed by atoms with van der Waals surface area (Å²) in [6.45, 7) is 1.89. The van der Waals surface area contributed by atoms with E-state index < -0.39 is 6.17 Å². The fourth-order valence-corrected chi connectivity index (χ4v) is 1.45. The van der Waals surface area contributed by atoms with E-state index in [1.807, 2.05) is 37.3 Å². The van der Waals surface area contributed by atoms with Gasteiger partial charge in [-0.15, -0.1) is 0 Å². The molecule has 0 unspecified atom stereocenters. The molecule has 1 aromatic heterocycles. The molecule has 1 aromatic carbocycles. The minimum atomic E-state index is -0.503. The Bertz CT molecular complexity index is 531. The molecule has 0 aliphatic rings. The van der Waals surface area contributed by atoms with Gasteiger partial charge in [0.25, 0.3) is 5.89 Å². The SMILES string of the molecule is C/C=C/c1nc(-c2cccc(C(N)N)c2)no1. The highest BCUT2D eigenvalue weighted by atomic mass is 16.5. The molecule has 0 amide bonds. The van der Waals surface area contributed by atoms with E-state index >= 15 is 0 Å². The third kappa shape index (κ3) is 2.58. The average Bonchev–Trinajstić information content (AvgIpc) is 2.78. The second-order valence-electron chi connectivity index (χ2n) is 3.61. The van der Waals surface area contributed by atoms with E-state index in [0.29, 0.717) is 11.7 Å². The number of allylic oxidation sites excluding steroid dienone is 1. The Balaban J connectivity index is 2.35. The van der Waals surface area contributed by atoms with Crippen LogP contribution in [0.25, 0.3) is 17.5 Å². The van der Waals surface area contributed by atoms with Crippen molar-refractivity contribution in [1.82, 2.24) is 10.1 Å². The highest BCUT2D eigenvalue weighted by Gasteiger charge is 2.08. The first-order valence-electron chi connectivity index (χ1n) is 5.28. The first-order valence-corrected chi connectivity index (χ1v) is 5.28. The van der Waals surface area contributed by atoms with Gasteiger partial charge in [0.2, 0.25) is 5.82 Å². The first-order chi connectivity index (χ1) is 8.20. The van der Waals surface area contributed by atoms with Gasteiger partial charge in [-0.2, -0.15) is 4.98 Å². The van der Waals surface area contributed by atoms with Crippen LogP contribution in [0.1, 0.15) is 24.5 Å². The number of rotatable bonds is 3. The Morgan fingerprint density at radius 3 is 2.88 bits per heavy atom. The zero-order valence-electron chi connectivity index (χ0n) is 9.50. The highest BCUT2D eigenvalue weighted by molar-refractivity contribution is 5.57. The molecule has 5 heteroatoms. The lowest BCUT2D eigenvalue weighted by molar-refractivity contribution is 0.411. The molecule has 0 atom stereocenters. The Morgan fingerprint density at radius 1 is 1.35 bits per heavy atom. The zero-order valence-corrected chi connectivity index (χ0v) is 9.50. The standard InChI is InChI=1S/C12H14N4O/c1-2-4-10-15-12(16-17-10)9-6-3-5-8(7-9)11(13)14/h2-7,11H,13-14H2,1H3/b4-2+. The van der Waals surface area contributed by atoms with Crippen molar-refractivity contribution >= 4 is 6.08 Å². The van der Waals surface area contributed by atoms with Crippen LogP contribution in [0.15, 0.2) is 34.9 Å². The van der Waals surface area contributed by atoms with Crippen molar-refractivity contribution in [3.05, 3.63) is 41.8 Å². The Hall–Kier alpha value is -1.98. The van der Waals surface area contributed by atoms with Crippen LogP contribution in [0, 0.1) is 0 Å². The maximum Gasteiger partial charge on any atom is 0.250 e. The summed E-state index contributed by atoms with van der Waals surface area (Å²) in [7, 11) is 0. The largest absolute Gasteiger partial charge is 0.334 e. The molecular weight excluding hydrogens is 216 g/mol. The molecule has 0 radical (unpaired) electrons. The molecule has 5 nitrogen and oxygen atoms in total. The summed E-state index contributed by atoms with van der Waals surface area (Å²) in [5.74, 6) is 1.01. The molecule has 2 rings (SSSR count). The van der Waals surface area contributed by atoms with Gasteiger partial charge in [-0.1, -0.05) is 29.4 Å². The van der Waals surface area contributed by atoms with Gasteiger partial charge in [-0.25, -0.2) is 0 Å². The average molecular weight is 230 g/mol. The third-order valence-corrected chi connectivity index (χ3v) is 2.28.